The highest BCUT2D eigenvalue weighted by Gasteiger charge is 2.26. The Morgan fingerprint density at radius 1 is 1.10 bits per heavy atom. The number of nitrogens with zero attached hydrogens (tertiary/aromatic N) is 4. The minimum Gasteiger partial charge on any atom is -0.497 e. The number of rotatable bonds is 6. The van der Waals surface area contributed by atoms with Crippen molar-refractivity contribution in [1.82, 2.24) is 25.2 Å². The highest BCUT2D eigenvalue weighted by molar-refractivity contribution is 5.92. The first-order valence-corrected chi connectivity index (χ1v) is 10.3. The van der Waals surface area contributed by atoms with Crippen molar-refractivity contribution in [3.05, 3.63) is 72.1 Å². The summed E-state index contributed by atoms with van der Waals surface area (Å²) < 4.78 is 6.80. The van der Waals surface area contributed by atoms with Gasteiger partial charge in [-0.1, -0.05) is 35.5 Å². The lowest BCUT2D eigenvalue weighted by Gasteiger charge is -2.32. The van der Waals surface area contributed by atoms with Crippen LogP contribution in [-0.4, -0.2) is 57.9 Å². The fraction of sp³-hybridized carbons (Fsp3) is 0.304. The topological polar surface area (TPSA) is 89.4 Å². The van der Waals surface area contributed by atoms with Crippen LogP contribution < -0.4 is 10.1 Å². The number of methoxy groups -OCH3 is 1. The molecule has 8 nitrogen and oxygen atoms in total. The van der Waals surface area contributed by atoms with Crippen LogP contribution in [0.4, 0.5) is 0 Å². The van der Waals surface area contributed by atoms with Gasteiger partial charge in [-0.3, -0.25) is 9.59 Å². The van der Waals surface area contributed by atoms with Crippen LogP contribution >= 0.6 is 0 Å². The molecule has 3 aromatic rings. The van der Waals surface area contributed by atoms with Gasteiger partial charge in [0.2, 0.25) is 5.91 Å². The summed E-state index contributed by atoms with van der Waals surface area (Å²) >= 11 is 0. The number of hydrogen-bond donors (Lipinski definition) is 1. The molecule has 0 radical (unpaired) electrons. The van der Waals surface area contributed by atoms with Crippen LogP contribution in [0.3, 0.4) is 0 Å². The molecule has 0 atom stereocenters. The number of nitrogens with one attached hydrogen (secondary N) is 1. The molecule has 1 fully saturated rings. The van der Waals surface area contributed by atoms with E-state index in [1.807, 2.05) is 54.6 Å². The van der Waals surface area contributed by atoms with E-state index in [0.717, 1.165) is 17.0 Å². The van der Waals surface area contributed by atoms with Crippen LogP contribution in [0.25, 0.3) is 5.69 Å². The van der Waals surface area contributed by atoms with Crippen molar-refractivity contribution in [2.24, 2.45) is 0 Å². The Bertz CT molecular complexity index is 1040. The maximum Gasteiger partial charge on any atom is 0.276 e. The molecule has 0 saturated carbocycles. The van der Waals surface area contributed by atoms with Crippen molar-refractivity contribution in [3.8, 4) is 11.4 Å². The summed E-state index contributed by atoms with van der Waals surface area (Å²) in [4.78, 5) is 27.0. The molecular weight excluding hydrogens is 394 g/mol. The zero-order valence-electron chi connectivity index (χ0n) is 17.4. The average molecular weight is 419 g/mol. The van der Waals surface area contributed by atoms with Gasteiger partial charge in [-0.05, 0) is 42.7 Å². The second kappa shape index (κ2) is 9.42. The Morgan fingerprint density at radius 3 is 2.61 bits per heavy atom. The van der Waals surface area contributed by atoms with Crippen molar-refractivity contribution >= 4 is 11.8 Å². The third kappa shape index (κ3) is 5.09. The maximum absolute atomic E-state index is 12.8. The molecule has 0 aliphatic carbocycles. The number of benzene rings is 2. The van der Waals surface area contributed by atoms with Crippen LogP contribution in [0, 0.1) is 0 Å². The number of carbonyl (C=O) groups is 2. The summed E-state index contributed by atoms with van der Waals surface area (Å²) in [6, 6.07) is 17.1. The predicted octanol–water partition coefficient (Wildman–Crippen LogP) is 2.24. The first-order valence-electron chi connectivity index (χ1n) is 10.3. The minimum atomic E-state index is -0.136. The lowest BCUT2D eigenvalue weighted by atomic mass is 10.0. The molecule has 4 rings (SSSR count). The standard InChI is InChI=1S/C23H25N5O3/c1-31-20-9-5-6-17(14-20)15-22(29)24-18-10-12-27(13-11-18)23(30)21-16-28(26-25-21)19-7-3-2-4-8-19/h2-9,14,16,18H,10-13,15H2,1H3,(H,24,29). The molecule has 2 aromatic carbocycles. The van der Waals surface area contributed by atoms with E-state index in [4.69, 9.17) is 4.74 Å². The van der Waals surface area contributed by atoms with Crippen molar-refractivity contribution in [2.75, 3.05) is 20.2 Å². The second-order valence-corrected chi connectivity index (χ2v) is 7.55. The van der Waals surface area contributed by atoms with E-state index in [1.165, 1.54) is 0 Å². The van der Waals surface area contributed by atoms with Crippen LogP contribution in [0.2, 0.25) is 0 Å². The van der Waals surface area contributed by atoms with E-state index < -0.39 is 0 Å². The highest BCUT2D eigenvalue weighted by Crippen LogP contribution is 2.16. The molecule has 160 valence electrons. The predicted molar refractivity (Wildman–Crippen MR) is 115 cm³/mol. The summed E-state index contributed by atoms with van der Waals surface area (Å²) in [6.45, 7) is 1.14. The normalized spacial score (nSPS) is 14.3. The van der Waals surface area contributed by atoms with Crippen LogP contribution in [0.1, 0.15) is 28.9 Å². The van der Waals surface area contributed by atoms with Gasteiger partial charge in [-0.15, -0.1) is 5.10 Å². The molecule has 1 aliphatic heterocycles. The van der Waals surface area contributed by atoms with Gasteiger partial charge in [0, 0.05) is 19.1 Å². The zero-order valence-corrected chi connectivity index (χ0v) is 17.4. The second-order valence-electron chi connectivity index (χ2n) is 7.55. The molecule has 1 N–H and O–H groups in total. The number of piperidine rings is 1. The van der Waals surface area contributed by atoms with Crippen molar-refractivity contribution in [2.45, 2.75) is 25.3 Å². The van der Waals surface area contributed by atoms with Crippen LogP contribution in [0.15, 0.2) is 60.8 Å². The molecule has 1 saturated heterocycles. The van der Waals surface area contributed by atoms with Gasteiger partial charge >= 0.3 is 0 Å². The number of likely N-dealkylation sites (tertiary alicyclic amines) is 1. The maximum atomic E-state index is 12.8. The summed E-state index contributed by atoms with van der Waals surface area (Å²) in [6.07, 6.45) is 3.38. The Morgan fingerprint density at radius 2 is 1.87 bits per heavy atom. The molecule has 0 unspecified atom stereocenters. The molecule has 2 amide bonds. The molecule has 1 aromatic heterocycles. The first kappa shape index (κ1) is 20.6. The monoisotopic (exact) mass is 419 g/mol. The third-order valence-electron chi connectivity index (χ3n) is 5.38. The van der Waals surface area contributed by atoms with Crippen molar-refractivity contribution in [1.29, 1.82) is 0 Å². The third-order valence-corrected chi connectivity index (χ3v) is 5.38. The highest BCUT2D eigenvalue weighted by atomic mass is 16.5. The number of aromatic nitrogens is 3. The fourth-order valence-electron chi connectivity index (χ4n) is 3.70. The van der Waals surface area contributed by atoms with Gasteiger partial charge in [0.25, 0.3) is 5.91 Å². The van der Waals surface area contributed by atoms with Gasteiger partial charge in [0.1, 0.15) is 5.75 Å². The summed E-state index contributed by atoms with van der Waals surface area (Å²) in [5, 5.41) is 11.2. The quantitative estimate of drug-likeness (QED) is 0.662. The molecule has 2 heterocycles. The fourth-order valence-corrected chi connectivity index (χ4v) is 3.70. The molecule has 0 bridgehead atoms. The number of carbonyl (C=O) groups excluding carboxylic acids is 2. The SMILES string of the molecule is COc1cccc(CC(=O)NC2CCN(C(=O)c3cn(-c4ccccc4)nn3)CC2)c1. The molecule has 31 heavy (non-hydrogen) atoms. The van der Waals surface area contributed by atoms with Gasteiger partial charge in [0.05, 0.1) is 25.4 Å². The van der Waals surface area contributed by atoms with E-state index in [2.05, 4.69) is 15.6 Å². The number of amides is 2. The van der Waals surface area contributed by atoms with Crippen LogP contribution in [0.5, 0.6) is 5.75 Å². The van der Waals surface area contributed by atoms with E-state index >= 15 is 0 Å². The molecule has 8 heteroatoms. The number of ether oxygens (including phenoxy) is 1. The van der Waals surface area contributed by atoms with Gasteiger partial charge in [-0.25, -0.2) is 4.68 Å². The summed E-state index contributed by atoms with van der Waals surface area (Å²) in [5.74, 6) is 0.577. The lowest BCUT2D eigenvalue weighted by Crippen LogP contribution is -2.47. The average Bonchev–Trinajstić information content (AvgIpc) is 3.30. The smallest absolute Gasteiger partial charge is 0.276 e. The van der Waals surface area contributed by atoms with Crippen molar-refractivity contribution in [3.63, 3.8) is 0 Å². The largest absolute Gasteiger partial charge is 0.497 e. The first-order chi connectivity index (χ1) is 15.1. The van der Waals surface area contributed by atoms with Gasteiger partial charge in [0.15, 0.2) is 5.69 Å². The van der Waals surface area contributed by atoms with E-state index in [-0.39, 0.29) is 17.9 Å². The van der Waals surface area contributed by atoms with Crippen molar-refractivity contribution < 1.29 is 14.3 Å². The Labute approximate surface area is 180 Å². The minimum absolute atomic E-state index is 0.0242. The molecular formula is C23H25N5O3. The van der Waals surface area contributed by atoms with Gasteiger partial charge < -0.3 is 15.0 Å². The number of hydrogen-bond acceptors (Lipinski definition) is 5. The summed E-state index contributed by atoms with van der Waals surface area (Å²) in [7, 11) is 1.61. The Hall–Kier alpha value is -3.68. The van der Waals surface area contributed by atoms with Crippen LogP contribution in [-0.2, 0) is 11.2 Å². The van der Waals surface area contributed by atoms with E-state index in [9.17, 15) is 9.59 Å². The summed E-state index contributed by atoms with van der Waals surface area (Å²) in [5.41, 5.74) is 2.09. The van der Waals surface area contributed by atoms with E-state index in [1.54, 1.807) is 22.9 Å². The molecule has 0 spiro atoms. The number of para-hydroxylation sites is 1. The van der Waals surface area contributed by atoms with Gasteiger partial charge in [-0.2, -0.15) is 0 Å². The Balaban J connectivity index is 1.28. The van der Waals surface area contributed by atoms with E-state index in [0.29, 0.717) is 38.0 Å². The molecule has 1 aliphatic rings. The Kier molecular flexibility index (Phi) is 6.26. The lowest BCUT2D eigenvalue weighted by molar-refractivity contribution is -0.121. The zero-order chi connectivity index (χ0) is 21.6.